The lowest BCUT2D eigenvalue weighted by molar-refractivity contribution is 0.459. The molecule has 0 bridgehead atoms. The van der Waals surface area contributed by atoms with Crippen LogP contribution in [-0.2, 0) is 6.54 Å². The fourth-order valence-corrected chi connectivity index (χ4v) is 2.69. The molecule has 1 N–H and O–H groups in total. The van der Waals surface area contributed by atoms with Crippen molar-refractivity contribution in [3.05, 3.63) is 42.5 Å². The van der Waals surface area contributed by atoms with Gasteiger partial charge >= 0.3 is 0 Å². The van der Waals surface area contributed by atoms with Crippen molar-refractivity contribution in [2.24, 2.45) is 0 Å². The first-order valence-corrected chi connectivity index (χ1v) is 7.08. The standard InChI is InChI=1S/C15H20N4/c1-2-6-14(7-3-1)18-15-17-9-10-19(15)12-13-5-4-8-16-11-13/h4-5,8-11,14H,1-3,6-7,12H2,(H,17,18). The summed E-state index contributed by atoms with van der Waals surface area (Å²) < 4.78 is 2.16. The molecule has 0 aliphatic heterocycles. The number of aromatic nitrogens is 3. The molecule has 2 heterocycles. The Morgan fingerprint density at radius 3 is 2.89 bits per heavy atom. The van der Waals surface area contributed by atoms with Gasteiger partial charge in [0.05, 0.1) is 6.54 Å². The number of imidazole rings is 1. The lowest BCUT2D eigenvalue weighted by atomic mass is 9.96. The molecule has 3 rings (SSSR count). The highest BCUT2D eigenvalue weighted by molar-refractivity contribution is 5.29. The number of rotatable bonds is 4. The topological polar surface area (TPSA) is 42.7 Å². The third-order valence-corrected chi connectivity index (χ3v) is 3.73. The molecule has 1 aliphatic rings. The molecule has 2 aromatic heterocycles. The maximum Gasteiger partial charge on any atom is 0.203 e. The van der Waals surface area contributed by atoms with Crippen LogP contribution in [0.15, 0.2) is 36.9 Å². The Kier molecular flexibility index (Phi) is 3.77. The van der Waals surface area contributed by atoms with E-state index in [0.29, 0.717) is 6.04 Å². The fraction of sp³-hybridized carbons (Fsp3) is 0.467. The van der Waals surface area contributed by atoms with Crippen LogP contribution in [-0.4, -0.2) is 20.6 Å². The number of nitrogens with zero attached hydrogens (tertiary/aromatic N) is 3. The van der Waals surface area contributed by atoms with Gasteiger partial charge in [-0.2, -0.15) is 0 Å². The molecule has 2 aromatic rings. The number of anilines is 1. The molecule has 0 unspecified atom stereocenters. The van der Waals surface area contributed by atoms with Crippen LogP contribution in [0.4, 0.5) is 5.95 Å². The lowest BCUT2D eigenvalue weighted by Crippen LogP contribution is -2.24. The molecule has 0 aromatic carbocycles. The van der Waals surface area contributed by atoms with E-state index in [-0.39, 0.29) is 0 Å². The zero-order valence-corrected chi connectivity index (χ0v) is 11.1. The molecule has 0 radical (unpaired) electrons. The van der Waals surface area contributed by atoms with Crippen LogP contribution >= 0.6 is 0 Å². The molecule has 1 fully saturated rings. The largest absolute Gasteiger partial charge is 0.353 e. The molecule has 4 heteroatoms. The SMILES string of the molecule is c1cncc(Cn2ccnc2NC2CCCCC2)c1. The number of hydrogen-bond acceptors (Lipinski definition) is 3. The van der Waals surface area contributed by atoms with Gasteiger partial charge < -0.3 is 9.88 Å². The quantitative estimate of drug-likeness (QED) is 0.914. The number of hydrogen-bond donors (Lipinski definition) is 1. The van der Waals surface area contributed by atoms with Gasteiger partial charge in [-0.3, -0.25) is 4.98 Å². The first-order valence-electron chi connectivity index (χ1n) is 7.08. The lowest BCUT2D eigenvalue weighted by Gasteiger charge is -2.23. The highest BCUT2D eigenvalue weighted by atomic mass is 15.2. The first kappa shape index (κ1) is 12.2. The van der Waals surface area contributed by atoms with Crippen LogP contribution < -0.4 is 5.32 Å². The second-order valence-corrected chi connectivity index (χ2v) is 5.22. The van der Waals surface area contributed by atoms with Gasteiger partial charge in [0, 0.05) is 30.8 Å². The van der Waals surface area contributed by atoms with Gasteiger partial charge in [0.25, 0.3) is 0 Å². The summed E-state index contributed by atoms with van der Waals surface area (Å²) in [6.45, 7) is 0.822. The van der Waals surface area contributed by atoms with Crippen LogP contribution in [0.25, 0.3) is 0 Å². The molecule has 4 nitrogen and oxygen atoms in total. The molecule has 0 saturated heterocycles. The molecule has 100 valence electrons. The third kappa shape index (κ3) is 3.13. The molecule has 19 heavy (non-hydrogen) atoms. The Labute approximate surface area is 113 Å². The van der Waals surface area contributed by atoms with Crippen molar-refractivity contribution in [2.75, 3.05) is 5.32 Å². The Balaban J connectivity index is 1.68. The van der Waals surface area contributed by atoms with Crippen LogP contribution in [0.1, 0.15) is 37.7 Å². The van der Waals surface area contributed by atoms with E-state index in [4.69, 9.17) is 0 Å². The molecule has 0 atom stereocenters. The Morgan fingerprint density at radius 1 is 1.21 bits per heavy atom. The van der Waals surface area contributed by atoms with Crippen molar-refractivity contribution < 1.29 is 0 Å². The van der Waals surface area contributed by atoms with Crippen molar-refractivity contribution >= 4 is 5.95 Å². The average molecular weight is 256 g/mol. The summed E-state index contributed by atoms with van der Waals surface area (Å²) in [5.41, 5.74) is 1.20. The molecule has 0 amide bonds. The zero-order chi connectivity index (χ0) is 12.9. The minimum atomic E-state index is 0.587. The minimum absolute atomic E-state index is 0.587. The summed E-state index contributed by atoms with van der Waals surface area (Å²) in [6, 6.07) is 4.65. The molecular weight excluding hydrogens is 236 g/mol. The van der Waals surface area contributed by atoms with Gasteiger partial charge in [0.2, 0.25) is 5.95 Å². The fourth-order valence-electron chi connectivity index (χ4n) is 2.69. The molecule has 1 aliphatic carbocycles. The monoisotopic (exact) mass is 256 g/mol. The summed E-state index contributed by atoms with van der Waals surface area (Å²) in [7, 11) is 0. The van der Waals surface area contributed by atoms with E-state index in [1.165, 1.54) is 37.7 Å². The molecular formula is C15H20N4. The predicted octanol–water partition coefficient (Wildman–Crippen LogP) is 3.07. The highest BCUT2D eigenvalue weighted by Gasteiger charge is 2.15. The average Bonchev–Trinajstić information content (AvgIpc) is 2.88. The van der Waals surface area contributed by atoms with E-state index in [1.54, 1.807) is 6.20 Å². The van der Waals surface area contributed by atoms with E-state index in [9.17, 15) is 0 Å². The van der Waals surface area contributed by atoms with Gasteiger partial charge in [-0.25, -0.2) is 4.98 Å². The maximum atomic E-state index is 4.44. The Morgan fingerprint density at radius 2 is 2.11 bits per heavy atom. The third-order valence-electron chi connectivity index (χ3n) is 3.73. The Bertz CT molecular complexity index is 500. The van der Waals surface area contributed by atoms with Crippen molar-refractivity contribution in [3.8, 4) is 0 Å². The van der Waals surface area contributed by atoms with Gasteiger partial charge in [0.15, 0.2) is 0 Å². The summed E-state index contributed by atoms with van der Waals surface area (Å²) in [6.07, 6.45) is 14.2. The molecule has 0 spiro atoms. The van der Waals surface area contributed by atoms with Crippen LogP contribution in [0.3, 0.4) is 0 Å². The van der Waals surface area contributed by atoms with E-state index in [1.807, 2.05) is 24.7 Å². The van der Waals surface area contributed by atoms with Gasteiger partial charge in [-0.05, 0) is 24.5 Å². The van der Waals surface area contributed by atoms with Gasteiger partial charge in [0.1, 0.15) is 0 Å². The van der Waals surface area contributed by atoms with E-state index >= 15 is 0 Å². The van der Waals surface area contributed by atoms with E-state index < -0.39 is 0 Å². The maximum absolute atomic E-state index is 4.44. The van der Waals surface area contributed by atoms with Crippen molar-refractivity contribution in [1.29, 1.82) is 0 Å². The van der Waals surface area contributed by atoms with Crippen LogP contribution in [0.2, 0.25) is 0 Å². The summed E-state index contributed by atoms with van der Waals surface area (Å²) in [4.78, 5) is 8.59. The van der Waals surface area contributed by atoms with Crippen LogP contribution in [0.5, 0.6) is 0 Å². The predicted molar refractivity (Wildman–Crippen MR) is 76.1 cm³/mol. The summed E-state index contributed by atoms with van der Waals surface area (Å²) in [5, 5.41) is 3.58. The smallest absolute Gasteiger partial charge is 0.203 e. The summed E-state index contributed by atoms with van der Waals surface area (Å²) >= 11 is 0. The minimum Gasteiger partial charge on any atom is -0.353 e. The normalized spacial score (nSPS) is 16.4. The van der Waals surface area contributed by atoms with Gasteiger partial charge in [-0.1, -0.05) is 25.3 Å². The van der Waals surface area contributed by atoms with Crippen LogP contribution in [0, 0.1) is 0 Å². The molecule has 1 saturated carbocycles. The number of pyridine rings is 1. The van der Waals surface area contributed by atoms with Gasteiger partial charge in [-0.15, -0.1) is 0 Å². The number of nitrogens with one attached hydrogen (secondary N) is 1. The summed E-state index contributed by atoms with van der Waals surface area (Å²) in [5.74, 6) is 0.982. The van der Waals surface area contributed by atoms with Crippen molar-refractivity contribution in [1.82, 2.24) is 14.5 Å². The van der Waals surface area contributed by atoms with E-state index in [2.05, 4.69) is 25.9 Å². The van der Waals surface area contributed by atoms with Crippen molar-refractivity contribution in [2.45, 2.75) is 44.7 Å². The Hall–Kier alpha value is -1.84. The second kappa shape index (κ2) is 5.87. The van der Waals surface area contributed by atoms with Crippen molar-refractivity contribution in [3.63, 3.8) is 0 Å². The highest BCUT2D eigenvalue weighted by Crippen LogP contribution is 2.21. The zero-order valence-electron chi connectivity index (χ0n) is 11.1. The first-order chi connectivity index (χ1) is 9.42. The second-order valence-electron chi connectivity index (χ2n) is 5.22. The van der Waals surface area contributed by atoms with E-state index in [0.717, 1.165) is 12.5 Å².